The summed E-state index contributed by atoms with van der Waals surface area (Å²) in [4.78, 5) is 39.4. The highest BCUT2D eigenvalue weighted by molar-refractivity contribution is 6.09. The summed E-state index contributed by atoms with van der Waals surface area (Å²) in [5.41, 5.74) is 8.35. The summed E-state index contributed by atoms with van der Waals surface area (Å²) < 4.78 is 11.9. The Labute approximate surface area is 235 Å². The Morgan fingerprint density at radius 1 is 1.12 bits per heavy atom. The lowest BCUT2D eigenvalue weighted by Gasteiger charge is -2.26. The molecule has 4 rings (SSSR count). The number of carbonyl (C=O) groups is 2. The fraction of sp³-hybridized carbons (Fsp3) is 0.400. The first kappa shape index (κ1) is 28.8. The number of rotatable bonds is 8. The second-order valence-electron chi connectivity index (χ2n) is 10.9. The lowest BCUT2D eigenvalue weighted by molar-refractivity contribution is 0.0137. The molecule has 0 fully saturated rings. The molecule has 1 aliphatic heterocycles. The first-order chi connectivity index (χ1) is 19.0. The Bertz CT molecular complexity index is 1330. The first-order valence-corrected chi connectivity index (χ1v) is 13.4. The van der Waals surface area contributed by atoms with Crippen molar-refractivity contribution in [1.29, 1.82) is 0 Å². The summed E-state index contributed by atoms with van der Waals surface area (Å²) in [6.07, 6.45) is 1.48. The van der Waals surface area contributed by atoms with Crippen molar-refractivity contribution in [2.45, 2.75) is 45.5 Å². The van der Waals surface area contributed by atoms with Gasteiger partial charge in [0, 0.05) is 45.6 Å². The van der Waals surface area contributed by atoms with Gasteiger partial charge in [0.25, 0.3) is 5.91 Å². The summed E-state index contributed by atoms with van der Waals surface area (Å²) in [7, 11) is 3.61. The van der Waals surface area contributed by atoms with Crippen LogP contribution < -0.4 is 15.5 Å². The van der Waals surface area contributed by atoms with E-state index in [0.717, 1.165) is 16.8 Å². The van der Waals surface area contributed by atoms with Crippen LogP contribution in [0.1, 0.15) is 54.8 Å². The largest absolute Gasteiger partial charge is 0.444 e. The first-order valence-electron chi connectivity index (χ1n) is 13.4. The molecule has 212 valence electrons. The van der Waals surface area contributed by atoms with Crippen LogP contribution in [0.3, 0.4) is 0 Å². The van der Waals surface area contributed by atoms with Crippen molar-refractivity contribution in [2.24, 2.45) is 0 Å². The van der Waals surface area contributed by atoms with Crippen molar-refractivity contribution in [3.05, 3.63) is 77.5 Å². The van der Waals surface area contributed by atoms with E-state index in [1.54, 1.807) is 16.8 Å². The topological polar surface area (TPSA) is 114 Å². The van der Waals surface area contributed by atoms with Crippen molar-refractivity contribution in [1.82, 2.24) is 14.9 Å². The lowest BCUT2D eigenvalue weighted by atomic mass is 10.1. The minimum atomic E-state index is -0.557. The number of ether oxygens (including phenoxy) is 2. The molecule has 2 amide bonds. The average Bonchev–Trinajstić information content (AvgIpc) is 3.04. The number of nitrogen functional groups attached to an aromatic ring is 1. The molecule has 0 saturated heterocycles. The zero-order valence-corrected chi connectivity index (χ0v) is 23.8. The Balaban J connectivity index is 1.47. The van der Waals surface area contributed by atoms with E-state index < -0.39 is 5.60 Å². The van der Waals surface area contributed by atoms with Crippen molar-refractivity contribution < 1.29 is 19.1 Å². The van der Waals surface area contributed by atoms with Crippen LogP contribution in [0.15, 0.2) is 60.8 Å². The molecular formula is C30H38N6O4. The fourth-order valence-corrected chi connectivity index (χ4v) is 4.44. The predicted molar refractivity (Wildman–Crippen MR) is 155 cm³/mol. The van der Waals surface area contributed by atoms with Crippen LogP contribution in [0, 0.1) is 0 Å². The highest BCUT2D eigenvalue weighted by Gasteiger charge is 2.28. The fourth-order valence-electron chi connectivity index (χ4n) is 4.44. The maximum absolute atomic E-state index is 13.5. The number of aromatic nitrogens is 2. The van der Waals surface area contributed by atoms with Crippen molar-refractivity contribution in [2.75, 3.05) is 49.3 Å². The number of nitrogens with zero attached hydrogens (tertiary/aromatic N) is 5. The Morgan fingerprint density at radius 2 is 1.88 bits per heavy atom. The highest BCUT2D eigenvalue weighted by Crippen LogP contribution is 2.28. The molecule has 1 atom stereocenters. The molecule has 3 aromatic rings. The number of hydrogen-bond acceptors (Lipinski definition) is 8. The number of carbonyl (C=O) groups excluding carboxylic acids is 2. The number of hydrogen-bond donors (Lipinski definition) is 1. The number of benzene rings is 2. The second kappa shape index (κ2) is 12.3. The van der Waals surface area contributed by atoms with Gasteiger partial charge in [0.05, 0.1) is 12.7 Å². The zero-order chi connectivity index (χ0) is 28.9. The van der Waals surface area contributed by atoms with Crippen LogP contribution in [0.5, 0.6) is 0 Å². The van der Waals surface area contributed by atoms with Crippen LogP contribution in [-0.2, 0) is 16.1 Å². The van der Waals surface area contributed by atoms with Gasteiger partial charge in [0.1, 0.15) is 17.0 Å². The molecule has 0 aliphatic carbocycles. The van der Waals surface area contributed by atoms with E-state index in [2.05, 4.69) is 9.97 Å². The van der Waals surface area contributed by atoms with Gasteiger partial charge in [0.15, 0.2) is 0 Å². The molecule has 40 heavy (non-hydrogen) atoms. The number of amides is 2. The van der Waals surface area contributed by atoms with E-state index in [-0.39, 0.29) is 24.1 Å². The monoisotopic (exact) mass is 546 g/mol. The average molecular weight is 547 g/mol. The van der Waals surface area contributed by atoms with E-state index in [0.29, 0.717) is 44.0 Å². The SMILES string of the molecule is CN(CC[C@@H](OCc1cccc(N2CCN(C)c3nc(N)ncc3C2=O)c1)c1ccccc1)C(=O)OC(C)(C)C. The zero-order valence-electron chi connectivity index (χ0n) is 23.8. The van der Waals surface area contributed by atoms with Gasteiger partial charge >= 0.3 is 6.09 Å². The standard InChI is InChI=1S/C30H38N6O4/c1-30(2,3)40-29(38)35(5)15-14-25(22-11-7-6-8-12-22)39-20-21-10-9-13-23(18-21)36-17-16-34(4)26-24(27(36)37)19-32-28(31)33-26/h6-13,18-19,25H,14-17,20H2,1-5H3,(H2,31,32,33)/t25-/m1/s1. The summed E-state index contributed by atoms with van der Waals surface area (Å²) in [6.45, 7) is 7.43. The van der Waals surface area contributed by atoms with E-state index >= 15 is 0 Å². The molecule has 2 aromatic carbocycles. The van der Waals surface area contributed by atoms with Crippen LogP contribution in [0.25, 0.3) is 0 Å². The maximum atomic E-state index is 13.5. The Hall–Kier alpha value is -4.18. The van der Waals surface area contributed by atoms with Crippen LogP contribution in [-0.4, -0.2) is 66.2 Å². The molecule has 10 heteroatoms. The second-order valence-corrected chi connectivity index (χ2v) is 10.9. The van der Waals surface area contributed by atoms with Crippen molar-refractivity contribution in [3.8, 4) is 0 Å². The third-order valence-electron chi connectivity index (χ3n) is 6.56. The molecule has 0 spiro atoms. The van der Waals surface area contributed by atoms with Crippen molar-refractivity contribution >= 4 is 29.5 Å². The summed E-state index contributed by atoms with van der Waals surface area (Å²) in [5, 5.41) is 0. The quantitative estimate of drug-likeness (QED) is 0.434. The van der Waals surface area contributed by atoms with Crippen molar-refractivity contribution in [3.63, 3.8) is 0 Å². The van der Waals surface area contributed by atoms with Crippen LogP contribution in [0.4, 0.5) is 22.2 Å². The number of nitrogens with two attached hydrogens (primary N) is 1. The van der Waals surface area contributed by atoms with E-state index in [1.807, 2.05) is 87.3 Å². The van der Waals surface area contributed by atoms with E-state index in [9.17, 15) is 9.59 Å². The number of fused-ring (bicyclic) bond motifs is 1. The molecule has 1 aliphatic rings. The normalized spacial score (nSPS) is 14.4. The maximum Gasteiger partial charge on any atom is 0.410 e. The molecule has 10 nitrogen and oxygen atoms in total. The Kier molecular flexibility index (Phi) is 8.89. The minimum Gasteiger partial charge on any atom is -0.444 e. The molecule has 1 aromatic heterocycles. The minimum absolute atomic E-state index is 0.135. The van der Waals surface area contributed by atoms with Gasteiger partial charge in [0.2, 0.25) is 5.95 Å². The number of anilines is 3. The third-order valence-corrected chi connectivity index (χ3v) is 6.56. The van der Waals surface area contributed by atoms with Crippen LogP contribution >= 0.6 is 0 Å². The molecule has 2 N–H and O–H groups in total. The molecule has 0 saturated carbocycles. The van der Waals surface area contributed by atoms with Gasteiger partial charge in [-0.3, -0.25) is 4.79 Å². The van der Waals surface area contributed by atoms with Gasteiger partial charge in [-0.2, -0.15) is 4.98 Å². The number of likely N-dealkylation sites (N-methyl/N-ethyl adjacent to an activating group) is 1. The highest BCUT2D eigenvalue weighted by atomic mass is 16.6. The smallest absolute Gasteiger partial charge is 0.410 e. The molecule has 0 unspecified atom stereocenters. The van der Waals surface area contributed by atoms with Gasteiger partial charge in [-0.05, 0) is 50.5 Å². The Morgan fingerprint density at radius 3 is 2.60 bits per heavy atom. The summed E-state index contributed by atoms with van der Waals surface area (Å²) in [6, 6.07) is 17.7. The molecule has 0 radical (unpaired) electrons. The third kappa shape index (κ3) is 7.26. The predicted octanol–water partition coefficient (Wildman–Crippen LogP) is 4.67. The van der Waals surface area contributed by atoms with E-state index in [1.165, 1.54) is 6.20 Å². The van der Waals surface area contributed by atoms with Crippen LogP contribution in [0.2, 0.25) is 0 Å². The van der Waals surface area contributed by atoms with Gasteiger partial charge in [-0.25, -0.2) is 9.78 Å². The van der Waals surface area contributed by atoms with E-state index in [4.69, 9.17) is 15.2 Å². The van der Waals surface area contributed by atoms with Gasteiger partial charge in [-0.1, -0.05) is 42.5 Å². The van der Waals surface area contributed by atoms with Gasteiger partial charge < -0.3 is 29.9 Å². The van der Waals surface area contributed by atoms with Gasteiger partial charge in [-0.15, -0.1) is 0 Å². The lowest BCUT2D eigenvalue weighted by Crippen LogP contribution is -2.35. The molecule has 0 bridgehead atoms. The summed E-state index contributed by atoms with van der Waals surface area (Å²) in [5.74, 6) is 0.488. The molecule has 2 heterocycles. The summed E-state index contributed by atoms with van der Waals surface area (Å²) >= 11 is 0. The molecular weight excluding hydrogens is 508 g/mol.